The molecule has 0 aliphatic heterocycles. The van der Waals surface area contributed by atoms with Gasteiger partial charge in [-0.3, -0.25) is 9.47 Å². The molecule has 47 heavy (non-hydrogen) atoms. The molecular weight excluding hydrogens is 613 g/mol. The number of imidazole rings is 1. The molecule has 252 valence electrons. The van der Waals surface area contributed by atoms with Gasteiger partial charge in [0, 0.05) is 38.4 Å². The number of unbranched alkanes of at least 4 members (excludes halogenated alkanes) is 3. The number of carbonyl (C=O) groups excluding carboxylic acids is 1. The number of halogens is 3. The molecule has 0 radical (unpaired) electrons. The van der Waals surface area contributed by atoms with Crippen molar-refractivity contribution < 1.29 is 37.8 Å². The zero-order valence-electron chi connectivity index (χ0n) is 27.3. The molecule has 0 atom stereocenters. The second-order valence-electron chi connectivity index (χ2n) is 11.3. The molecule has 1 heterocycles. The fourth-order valence-corrected chi connectivity index (χ4v) is 5.16. The van der Waals surface area contributed by atoms with Crippen molar-refractivity contribution in [2.75, 3.05) is 25.5 Å². The Balaban J connectivity index is 0.000000771. The van der Waals surface area contributed by atoms with E-state index < -0.39 is 18.1 Å². The highest BCUT2D eigenvalue weighted by Crippen LogP contribution is 2.32. The van der Waals surface area contributed by atoms with E-state index in [1.54, 1.807) is 31.1 Å². The van der Waals surface area contributed by atoms with Crippen molar-refractivity contribution in [2.45, 2.75) is 65.5 Å². The Hall–Kier alpha value is -4.87. The van der Waals surface area contributed by atoms with Crippen LogP contribution >= 0.6 is 0 Å². The predicted molar refractivity (Wildman–Crippen MR) is 176 cm³/mol. The summed E-state index contributed by atoms with van der Waals surface area (Å²) in [5.74, 6) is -2.72. The van der Waals surface area contributed by atoms with Gasteiger partial charge in [0.1, 0.15) is 5.82 Å². The number of aromatic nitrogens is 2. The summed E-state index contributed by atoms with van der Waals surface area (Å²) in [5, 5.41) is 16.9. The van der Waals surface area contributed by atoms with E-state index >= 15 is 0 Å². The third kappa shape index (κ3) is 9.11. The number of amides is 2. The maximum Gasteiger partial charge on any atom is 0.490 e. The second-order valence-corrected chi connectivity index (χ2v) is 11.3. The van der Waals surface area contributed by atoms with Gasteiger partial charge in [0.15, 0.2) is 0 Å². The van der Waals surface area contributed by atoms with Gasteiger partial charge in [-0.15, -0.1) is 0 Å². The van der Waals surface area contributed by atoms with Crippen molar-refractivity contribution in [3.63, 3.8) is 0 Å². The smallest absolute Gasteiger partial charge is 0.478 e. The molecule has 1 aromatic heterocycles. The molecule has 0 aliphatic rings. The number of hydrogen-bond acceptors (Lipinski definition) is 4. The van der Waals surface area contributed by atoms with Crippen LogP contribution in [0.5, 0.6) is 0 Å². The number of fused-ring (bicyclic) bond motifs is 1. The lowest BCUT2D eigenvalue weighted by Crippen LogP contribution is -2.40. The highest BCUT2D eigenvalue weighted by molar-refractivity contribution is 5.97. The summed E-state index contributed by atoms with van der Waals surface area (Å²) in [6.07, 6.45) is 0.911. The quantitative estimate of drug-likeness (QED) is 0.157. The summed E-state index contributed by atoms with van der Waals surface area (Å²) < 4.78 is 33.9. The van der Waals surface area contributed by atoms with Gasteiger partial charge >= 0.3 is 24.1 Å². The molecule has 2 amide bonds. The van der Waals surface area contributed by atoms with E-state index in [2.05, 4.69) is 30.5 Å². The van der Waals surface area contributed by atoms with E-state index in [9.17, 15) is 27.9 Å². The zero-order chi connectivity index (χ0) is 34.9. The Bertz CT molecular complexity index is 1720. The second kappa shape index (κ2) is 16.1. The molecule has 3 aromatic carbocycles. The van der Waals surface area contributed by atoms with Crippen LogP contribution in [0.1, 0.15) is 67.7 Å². The molecular formula is C35H41F3N4O5. The number of nitrogens with zero attached hydrogens (tertiary/aromatic N) is 4. The van der Waals surface area contributed by atoms with Crippen molar-refractivity contribution in [1.29, 1.82) is 0 Å². The van der Waals surface area contributed by atoms with Crippen LogP contribution in [0.2, 0.25) is 0 Å². The third-order valence-corrected chi connectivity index (χ3v) is 7.53. The molecule has 2 N–H and O–H groups in total. The number of anilines is 1. The van der Waals surface area contributed by atoms with Gasteiger partial charge in [0.25, 0.3) is 0 Å². The average molecular weight is 655 g/mol. The average Bonchev–Trinajstić information content (AvgIpc) is 3.39. The maximum absolute atomic E-state index is 13.2. The number of carboxylic acids is 2. The number of benzene rings is 3. The van der Waals surface area contributed by atoms with E-state index in [1.165, 1.54) is 0 Å². The maximum atomic E-state index is 13.2. The standard InChI is InChI=1S/C33H40N4O3.C2HF3O2/c1-6-8-12-20-36(33(40)35(4)5)24-17-19-29-30(22-24)37(31(34-29)15-9-7-2)25-16-18-26(23(3)21-25)27-13-10-11-14-28(27)32(38)39;3-2(4,5)1(6)7/h10-11,13-14,16-19,21-22H,6-9,12,15,20H2,1-5H3,(H,38,39);(H,6,7). The summed E-state index contributed by atoms with van der Waals surface area (Å²) in [4.78, 5) is 42.4. The van der Waals surface area contributed by atoms with E-state index in [4.69, 9.17) is 14.9 Å². The van der Waals surface area contributed by atoms with E-state index in [-0.39, 0.29) is 11.6 Å². The van der Waals surface area contributed by atoms with Crippen LogP contribution in [0.3, 0.4) is 0 Å². The SMILES string of the molecule is CCCCCN(C(=O)N(C)C)c1ccc2nc(CCCC)n(-c3ccc(-c4ccccc4C(=O)O)c(C)c3)c2c1.O=C(O)C(F)(F)F. The number of aliphatic carboxylic acids is 1. The van der Waals surface area contributed by atoms with E-state index in [0.29, 0.717) is 12.1 Å². The van der Waals surface area contributed by atoms with Crippen LogP contribution in [0, 0.1) is 6.92 Å². The summed E-state index contributed by atoms with van der Waals surface area (Å²) in [5.41, 5.74) is 6.52. The molecule has 0 saturated carbocycles. The molecule has 0 unspecified atom stereocenters. The lowest BCUT2D eigenvalue weighted by Gasteiger charge is -2.26. The first-order valence-corrected chi connectivity index (χ1v) is 15.4. The number of carboxylic acid groups (broad SMARTS) is 2. The van der Waals surface area contributed by atoms with Crippen LogP contribution in [0.25, 0.3) is 27.8 Å². The Labute approximate surface area is 272 Å². The van der Waals surface area contributed by atoms with Gasteiger partial charge < -0.3 is 15.1 Å². The molecule has 12 heteroatoms. The first-order valence-electron chi connectivity index (χ1n) is 15.4. The lowest BCUT2D eigenvalue weighted by molar-refractivity contribution is -0.192. The van der Waals surface area contributed by atoms with Crippen LogP contribution < -0.4 is 4.90 Å². The van der Waals surface area contributed by atoms with E-state index in [1.807, 2.05) is 48.2 Å². The summed E-state index contributed by atoms with van der Waals surface area (Å²) in [6, 6.07) is 19.3. The highest BCUT2D eigenvalue weighted by atomic mass is 19.4. The van der Waals surface area contributed by atoms with Gasteiger partial charge in [0.05, 0.1) is 16.6 Å². The fourth-order valence-electron chi connectivity index (χ4n) is 5.16. The Kier molecular flexibility index (Phi) is 12.5. The normalized spacial score (nSPS) is 11.1. The molecule has 0 fully saturated rings. The number of carbonyl (C=O) groups is 3. The van der Waals surface area contributed by atoms with Crippen LogP contribution in [0.15, 0.2) is 60.7 Å². The topological polar surface area (TPSA) is 116 Å². The lowest BCUT2D eigenvalue weighted by atomic mass is 9.95. The Morgan fingerprint density at radius 1 is 0.872 bits per heavy atom. The summed E-state index contributed by atoms with van der Waals surface area (Å²) in [6.45, 7) is 7.00. The van der Waals surface area contributed by atoms with Crippen LogP contribution in [-0.2, 0) is 11.2 Å². The van der Waals surface area contributed by atoms with Crippen LogP contribution in [0.4, 0.5) is 23.7 Å². The predicted octanol–water partition coefficient (Wildman–Crippen LogP) is 8.35. The zero-order valence-corrected chi connectivity index (χ0v) is 27.3. The number of urea groups is 1. The molecule has 9 nitrogen and oxygen atoms in total. The number of aryl methyl sites for hydroxylation is 2. The Morgan fingerprint density at radius 3 is 2.11 bits per heavy atom. The van der Waals surface area contributed by atoms with Crippen molar-refractivity contribution >= 4 is 34.7 Å². The summed E-state index contributed by atoms with van der Waals surface area (Å²) in [7, 11) is 3.57. The first-order chi connectivity index (χ1) is 22.2. The minimum Gasteiger partial charge on any atom is -0.478 e. The summed E-state index contributed by atoms with van der Waals surface area (Å²) >= 11 is 0. The van der Waals surface area contributed by atoms with Gasteiger partial charge in [-0.2, -0.15) is 13.2 Å². The highest BCUT2D eigenvalue weighted by Gasteiger charge is 2.38. The minimum absolute atomic E-state index is 0.0370. The van der Waals surface area contributed by atoms with Crippen molar-refractivity contribution in [2.24, 2.45) is 0 Å². The van der Waals surface area contributed by atoms with Crippen LogP contribution in [-0.4, -0.2) is 69.5 Å². The number of rotatable bonds is 11. The number of hydrogen-bond donors (Lipinski definition) is 2. The molecule has 0 spiro atoms. The molecule has 4 rings (SSSR count). The largest absolute Gasteiger partial charge is 0.490 e. The van der Waals surface area contributed by atoms with Gasteiger partial charge in [0.2, 0.25) is 0 Å². The van der Waals surface area contributed by atoms with Gasteiger partial charge in [-0.05, 0) is 72.9 Å². The first kappa shape index (κ1) is 36.6. The monoisotopic (exact) mass is 654 g/mol. The molecule has 4 aromatic rings. The number of aromatic carboxylic acids is 1. The van der Waals surface area contributed by atoms with Gasteiger partial charge in [-0.1, -0.05) is 57.4 Å². The number of alkyl halides is 3. The molecule has 0 saturated heterocycles. The molecule has 0 aliphatic carbocycles. The molecule has 0 bridgehead atoms. The third-order valence-electron chi connectivity index (χ3n) is 7.53. The van der Waals surface area contributed by atoms with Crippen molar-refractivity contribution in [3.8, 4) is 16.8 Å². The van der Waals surface area contributed by atoms with Crippen molar-refractivity contribution in [1.82, 2.24) is 14.5 Å². The van der Waals surface area contributed by atoms with Gasteiger partial charge in [-0.25, -0.2) is 19.4 Å². The fraction of sp³-hybridized carbons (Fsp3) is 0.371. The van der Waals surface area contributed by atoms with E-state index in [0.717, 1.165) is 77.9 Å². The Morgan fingerprint density at radius 2 is 1.53 bits per heavy atom. The minimum atomic E-state index is -5.08. The van der Waals surface area contributed by atoms with Crippen molar-refractivity contribution in [3.05, 3.63) is 77.6 Å².